The molecule has 2 aliphatic heterocycles. The van der Waals surface area contributed by atoms with Crippen molar-refractivity contribution in [2.45, 2.75) is 19.3 Å². The van der Waals surface area contributed by atoms with Crippen LogP contribution in [0.1, 0.15) is 29.6 Å². The van der Waals surface area contributed by atoms with Gasteiger partial charge in [-0.25, -0.2) is 12.8 Å². The topological polar surface area (TPSA) is 78.5 Å². The summed E-state index contributed by atoms with van der Waals surface area (Å²) in [5.41, 5.74) is 0.405. The minimum Gasteiger partial charge on any atom is -0.339 e. The molecule has 0 bridgehead atoms. The van der Waals surface area contributed by atoms with Crippen molar-refractivity contribution in [3.63, 3.8) is 0 Å². The first-order valence-electron chi connectivity index (χ1n) is 8.05. The number of likely N-dealkylation sites (tertiary alicyclic amines) is 1. The SMILES string of the molecule is CS(=O)(=O)Nc1cc(C(=O)N2CCC3(CCNC3)CC2)ccc1F.Cl. The van der Waals surface area contributed by atoms with Gasteiger partial charge in [-0.05, 0) is 49.4 Å². The summed E-state index contributed by atoms with van der Waals surface area (Å²) in [6, 6.07) is 3.78. The highest BCUT2D eigenvalue weighted by Gasteiger charge is 2.38. The van der Waals surface area contributed by atoms with E-state index in [1.165, 1.54) is 12.1 Å². The monoisotopic (exact) mass is 391 g/mol. The summed E-state index contributed by atoms with van der Waals surface area (Å²) in [6.45, 7) is 3.39. The molecule has 9 heteroatoms. The van der Waals surface area contributed by atoms with Crippen molar-refractivity contribution in [2.24, 2.45) is 5.41 Å². The van der Waals surface area contributed by atoms with E-state index in [1.54, 1.807) is 4.90 Å². The first-order valence-corrected chi connectivity index (χ1v) is 9.95. The first-order chi connectivity index (χ1) is 11.3. The maximum atomic E-state index is 13.7. The van der Waals surface area contributed by atoms with Gasteiger partial charge in [-0.3, -0.25) is 9.52 Å². The minimum absolute atomic E-state index is 0. The number of nitrogens with one attached hydrogen (secondary N) is 2. The molecule has 1 amide bonds. The molecule has 0 unspecified atom stereocenters. The predicted molar refractivity (Wildman–Crippen MR) is 97.2 cm³/mol. The molecular weight excluding hydrogens is 369 g/mol. The highest BCUT2D eigenvalue weighted by Crippen LogP contribution is 2.37. The third kappa shape index (κ3) is 4.62. The Morgan fingerprint density at radius 2 is 1.96 bits per heavy atom. The molecule has 0 aliphatic carbocycles. The average molecular weight is 392 g/mol. The van der Waals surface area contributed by atoms with Gasteiger partial charge in [0.2, 0.25) is 10.0 Å². The third-order valence-electron chi connectivity index (χ3n) is 4.95. The van der Waals surface area contributed by atoms with Gasteiger partial charge in [0.25, 0.3) is 5.91 Å². The van der Waals surface area contributed by atoms with Gasteiger partial charge >= 0.3 is 0 Å². The zero-order valence-corrected chi connectivity index (χ0v) is 15.7. The molecule has 0 radical (unpaired) electrons. The number of hydrogen-bond donors (Lipinski definition) is 2. The Labute approximate surface area is 153 Å². The number of piperidine rings is 1. The maximum Gasteiger partial charge on any atom is 0.253 e. The molecule has 2 aliphatic rings. The fourth-order valence-electron chi connectivity index (χ4n) is 3.53. The van der Waals surface area contributed by atoms with Crippen LogP contribution in [0.25, 0.3) is 0 Å². The van der Waals surface area contributed by atoms with E-state index in [1.807, 2.05) is 0 Å². The Morgan fingerprint density at radius 3 is 2.52 bits per heavy atom. The molecule has 0 saturated carbocycles. The van der Waals surface area contributed by atoms with Crippen LogP contribution >= 0.6 is 12.4 Å². The molecule has 25 heavy (non-hydrogen) atoms. The number of hydrogen-bond acceptors (Lipinski definition) is 4. The molecule has 1 aromatic carbocycles. The fraction of sp³-hybridized carbons (Fsp3) is 0.562. The molecule has 0 atom stereocenters. The molecule has 140 valence electrons. The number of amides is 1. The molecule has 2 saturated heterocycles. The number of rotatable bonds is 3. The van der Waals surface area contributed by atoms with Crippen LogP contribution in [0, 0.1) is 11.2 Å². The quantitative estimate of drug-likeness (QED) is 0.824. The Balaban J connectivity index is 0.00000225. The van der Waals surface area contributed by atoms with Crippen molar-refractivity contribution < 1.29 is 17.6 Å². The lowest BCUT2D eigenvalue weighted by atomic mass is 9.78. The van der Waals surface area contributed by atoms with Gasteiger partial charge in [0, 0.05) is 25.2 Å². The normalized spacial score (nSPS) is 19.5. The lowest BCUT2D eigenvalue weighted by Gasteiger charge is -2.39. The summed E-state index contributed by atoms with van der Waals surface area (Å²) in [5, 5.41) is 3.38. The summed E-state index contributed by atoms with van der Waals surface area (Å²) in [7, 11) is -3.60. The second kappa shape index (κ2) is 7.47. The van der Waals surface area contributed by atoms with Crippen molar-refractivity contribution in [1.29, 1.82) is 0 Å². The molecule has 2 N–H and O–H groups in total. The van der Waals surface area contributed by atoms with Gasteiger partial charge in [0.05, 0.1) is 11.9 Å². The van der Waals surface area contributed by atoms with E-state index in [4.69, 9.17) is 0 Å². The van der Waals surface area contributed by atoms with Gasteiger partial charge in [-0.15, -0.1) is 12.4 Å². The van der Waals surface area contributed by atoms with Crippen LogP contribution < -0.4 is 10.0 Å². The number of nitrogens with zero attached hydrogens (tertiary/aromatic N) is 1. The lowest BCUT2D eigenvalue weighted by molar-refractivity contribution is 0.0607. The lowest BCUT2D eigenvalue weighted by Crippen LogP contribution is -2.44. The van der Waals surface area contributed by atoms with Crippen LogP contribution in [-0.4, -0.2) is 51.7 Å². The Hall–Kier alpha value is -1.38. The number of halogens is 2. The van der Waals surface area contributed by atoms with E-state index in [-0.39, 0.29) is 24.0 Å². The maximum absolute atomic E-state index is 13.7. The molecule has 6 nitrogen and oxygen atoms in total. The van der Waals surface area contributed by atoms with Crippen LogP contribution in [0.15, 0.2) is 18.2 Å². The van der Waals surface area contributed by atoms with Gasteiger partial charge in [0.1, 0.15) is 5.82 Å². The Bertz CT molecular complexity index is 741. The highest BCUT2D eigenvalue weighted by molar-refractivity contribution is 7.92. The van der Waals surface area contributed by atoms with E-state index in [9.17, 15) is 17.6 Å². The summed E-state index contributed by atoms with van der Waals surface area (Å²) < 4.78 is 38.5. The van der Waals surface area contributed by atoms with E-state index in [0.717, 1.165) is 44.7 Å². The van der Waals surface area contributed by atoms with Crippen LogP contribution in [0.4, 0.5) is 10.1 Å². The second-order valence-corrected chi connectivity index (χ2v) is 8.54. The number of sulfonamides is 1. The molecule has 2 fully saturated rings. The van der Waals surface area contributed by atoms with E-state index in [0.29, 0.717) is 24.1 Å². The first kappa shape index (κ1) is 19.9. The van der Waals surface area contributed by atoms with Crippen molar-refractivity contribution in [2.75, 3.05) is 37.2 Å². The molecule has 0 aromatic heterocycles. The molecule has 1 aromatic rings. The standard InChI is InChI=1S/C16H22FN3O3S.ClH/c1-24(22,23)19-14-10-12(2-3-13(14)17)15(21)20-8-5-16(6-9-20)4-7-18-11-16;/h2-3,10,18-19H,4-9,11H2,1H3;1H. The fourth-order valence-corrected chi connectivity index (χ4v) is 4.08. The number of benzene rings is 1. The predicted octanol–water partition coefficient (Wildman–Crippen LogP) is 1.83. The Morgan fingerprint density at radius 1 is 1.28 bits per heavy atom. The zero-order valence-electron chi connectivity index (χ0n) is 14.0. The van der Waals surface area contributed by atoms with Gasteiger partial charge in [0.15, 0.2) is 0 Å². The molecular formula is C16H23ClFN3O3S. The van der Waals surface area contributed by atoms with Crippen LogP contribution in [0.5, 0.6) is 0 Å². The molecule has 2 heterocycles. The van der Waals surface area contributed by atoms with Crippen LogP contribution in [-0.2, 0) is 10.0 Å². The number of carbonyl (C=O) groups is 1. The van der Waals surface area contributed by atoms with Crippen LogP contribution in [0.3, 0.4) is 0 Å². The smallest absolute Gasteiger partial charge is 0.253 e. The van der Waals surface area contributed by atoms with Crippen molar-refractivity contribution in [3.8, 4) is 0 Å². The molecule has 1 spiro atoms. The van der Waals surface area contributed by atoms with Gasteiger partial charge in [-0.1, -0.05) is 0 Å². The summed E-state index contributed by atoms with van der Waals surface area (Å²) in [6.07, 6.45) is 4.01. The van der Waals surface area contributed by atoms with E-state index < -0.39 is 15.8 Å². The minimum atomic E-state index is -3.60. The van der Waals surface area contributed by atoms with Crippen molar-refractivity contribution >= 4 is 34.0 Å². The third-order valence-corrected chi connectivity index (χ3v) is 5.54. The average Bonchev–Trinajstić information content (AvgIpc) is 2.96. The van der Waals surface area contributed by atoms with E-state index in [2.05, 4.69) is 10.0 Å². The summed E-state index contributed by atoms with van der Waals surface area (Å²) >= 11 is 0. The zero-order chi connectivity index (χ0) is 17.4. The number of anilines is 1. The molecule has 3 rings (SSSR count). The largest absolute Gasteiger partial charge is 0.339 e. The second-order valence-electron chi connectivity index (χ2n) is 6.79. The van der Waals surface area contributed by atoms with E-state index >= 15 is 0 Å². The van der Waals surface area contributed by atoms with Gasteiger partial charge < -0.3 is 10.2 Å². The number of carbonyl (C=O) groups excluding carboxylic acids is 1. The van der Waals surface area contributed by atoms with Crippen molar-refractivity contribution in [3.05, 3.63) is 29.6 Å². The van der Waals surface area contributed by atoms with Crippen molar-refractivity contribution in [1.82, 2.24) is 10.2 Å². The summed E-state index contributed by atoms with van der Waals surface area (Å²) in [5.74, 6) is -0.890. The Kier molecular flexibility index (Phi) is 5.96. The van der Waals surface area contributed by atoms with Gasteiger partial charge in [-0.2, -0.15) is 0 Å². The van der Waals surface area contributed by atoms with Crippen LogP contribution in [0.2, 0.25) is 0 Å². The summed E-state index contributed by atoms with van der Waals surface area (Å²) in [4.78, 5) is 14.4. The highest BCUT2D eigenvalue weighted by atomic mass is 35.5.